The van der Waals surface area contributed by atoms with Crippen LogP contribution in [0.25, 0.3) is 0 Å². The fraction of sp³-hybridized carbons (Fsp3) is 0.857. The zero-order valence-electron chi connectivity index (χ0n) is 8.24. The maximum absolute atomic E-state index is 10.7. The first-order valence-corrected chi connectivity index (χ1v) is 6.03. The molecular weight excluding hydrogens is 227 g/mol. The van der Waals surface area contributed by atoms with Gasteiger partial charge in [0.2, 0.25) is 0 Å². The van der Waals surface area contributed by atoms with Gasteiger partial charge in [0.15, 0.2) is 6.29 Å². The number of hydrogen-bond acceptors (Lipinski definition) is 4. The highest BCUT2D eigenvalue weighted by Crippen LogP contribution is 2.39. The van der Waals surface area contributed by atoms with E-state index >= 15 is 0 Å². The van der Waals surface area contributed by atoms with Crippen LogP contribution >= 0.6 is 7.60 Å². The topological polar surface area (TPSA) is 124 Å². The van der Waals surface area contributed by atoms with Crippen LogP contribution in [-0.4, -0.2) is 45.5 Å². The molecule has 0 aliphatic carbocycles. The Morgan fingerprint density at radius 2 is 2.00 bits per heavy atom. The maximum Gasteiger partial charge on any atom is 0.326 e. The molecule has 0 radical (unpaired) electrons. The minimum absolute atomic E-state index is 0.0462. The van der Waals surface area contributed by atoms with Crippen molar-refractivity contribution in [2.45, 2.75) is 19.1 Å². The molecule has 0 aromatic rings. The molecule has 2 unspecified atom stereocenters. The Kier molecular flexibility index (Phi) is 6.00. The van der Waals surface area contributed by atoms with Crippen LogP contribution in [0.1, 0.15) is 12.8 Å². The second-order valence-corrected chi connectivity index (χ2v) is 4.86. The summed E-state index contributed by atoms with van der Waals surface area (Å²) in [4.78, 5) is 27.7. The number of aliphatic hydroxyl groups is 1. The van der Waals surface area contributed by atoms with E-state index in [1.54, 1.807) is 0 Å². The highest BCUT2D eigenvalue weighted by atomic mass is 31.2. The first-order valence-electron chi connectivity index (χ1n) is 4.23. The molecule has 0 amide bonds. The minimum Gasteiger partial charge on any atom is -0.481 e. The zero-order chi connectivity index (χ0) is 12.1. The number of methoxy groups -OCH3 is 1. The molecule has 15 heavy (non-hydrogen) atoms. The van der Waals surface area contributed by atoms with Crippen LogP contribution in [0.3, 0.4) is 0 Å². The first kappa shape index (κ1) is 14.5. The predicted octanol–water partition coefficient (Wildman–Crippen LogP) is -0.390. The molecule has 0 heterocycles. The van der Waals surface area contributed by atoms with Gasteiger partial charge in [0.05, 0.1) is 6.16 Å². The van der Waals surface area contributed by atoms with Gasteiger partial charge in [0, 0.05) is 19.4 Å². The van der Waals surface area contributed by atoms with Crippen molar-refractivity contribution in [3.63, 3.8) is 0 Å². The van der Waals surface area contributed by atoms with Gasteiger partial charge in [-0.2, -0.15) is 0 Å². The molecule has 0 fully saturated rings. The van der Waals surface area contributed by atoms with Crippen molar-refractivity contribution in [1.29, 1.82) is 0 Å². The molecule has 2 atom stereocenters. The van der Waals surface area contributed by atoms with E-state index in [1.807, 2.05) is 0 Å². The third-order valence-corrected chi connectivity index (χ3v) is 2.79. The summed E-state index contributed by atoms with van der Waals surface area (Å²) in [5, 5.41) is 17.6. The standard InChI is InChI=1S/C7H15O7P/c1-14-7(10)5(2-3-6(8)9)4-15(11,12)13/h5,7,10H,2-4H2,1H3,(H,8,9)(H2,11,12,13). The number of carboxylic acid groups (broad SMARTS) is 1. The van der Waals surface area contributed by atoms with Gasteiger partial charge in [-0.15, -0.1) is 0 Å². The highest BCUT2D eigenvalue weighted by Gasteiger charge is 2.27. The Hall–Kier alpha value is -0.460. The monoisotopic (exact) mass is 242 g/mol. The first-order chi connectivity index (χ1) is 6.76. The Morgan fingerprint density at radius 3 is 2.33 bits per heavy atom. The second-order valence-electron chi connectivity index (χ2n) is 3.17. The van der Waals surface area contributed by atoms with Crippen LogP contribution in [0.4, 0.5) is 0 Å². The van der Waals surface area contributed by atoms with Crippen LogP contribution < -0.4 is 0 Å². The number of carboxylic acids is 1. The van der Waals surface area contributed by atoms with Crippen molar-refractivity contribution in [2.24, 2.45) is 5.92 Å². The number of carbonyl (C=O) groups is 1. The van der Waals surface area contributed by atoms with Crippen LogP contribution in [0.2, 0.25) is 0 Å². The number of rotatable bonds is 7. The molecule has 7 nitrogen and oxygen atoms in total. The fourth-order valence-corrected chi connectivity index (χ4v) is 2.10. The second kappa shape index (κ2) is 6.19. The lowest BCUT2D eigenvalue weighted by Gasteiger charge is -2.21. The third kappa shape index (κ3) is 7.47. The molecule has 0 saturated carbocycles. The largest absolute Gasteiger partial charge is 0.481 e. The summed E-state index contributed by atoms with van der Waals surface area (Å²) in [7, 11) is -3.10. The summed E-state index contributed by atoms with van der Waals surface area (Å²) in [5.74, 6) is -1.97. The lowest BCUT2D eigenvalue weighted by molar-refractivity contribution is -0.139. The predicted molar refractivity (Wildman–Crippen MR) is 50.3 cm³/mol. The number of ether oxygens (including phenoxy) is 1. The van der Waals surface area contributed by atoms with Gasteiger partial charge in [0.1, 0.15) is 0 Å². The molecule has 0 saturated heterocycles. The molecule has 4 N–H and O–H groups in total. The van der Waals surface area contributed by atoms with Crippen LogP contribution in [0.5, 0.6) is 0 Å². The Bertz CT molecular complexity index is 248. The van der Waals surface area contributed by atoms with Crippen molar-refractivity contribution in [2.75, 3.05) is 13.3 Å². The fourth-order valence-electron chi connectivity index (χ4n) is 1.13. The molecule has 0 aliphatic heterocycles. The van der Waals surface area contributed by atoms with E-state index < -0.39 is 31.9 Å². The van der Waals surface area contributed by atoms with Gasteiger partial charge >= 0.3 is 13.6 Å². The van der Waals surface area contributed by atoms with Gasteiger partial charge in [0.25, 0.3) is 0 Å². The Labute approximate surface area is 86.8 Å². The van der Waals surface area contributed by atoms with E-state index in [-0.39, 0.29) is 12.8 Å². The van der Waals surface area contributed by atoms with E-state index in [9.17, 15) is 14.5 Å². The van der Waals surface area contributed by atoms with Crippen molar-refractivity contribution in [1.82, 2.24) is 0 Å². The normalized spacial score (nSPS) is 16.0. The highest BCUT2D eigenvalue weighted by molar-refractivity contribution is 7.51. The van der Waals surface area contributed by atoms with Gasteiger partial charge in [-0.1, -0.05) is 0 Å². The van der Waals surface area contributed by atoms with E-state index in [4.69, 9.17) is 14.9 Å². The SMILES string of the molecule is COC(O)C(CCC(=O)O)CP(=O)(O)O. The van der Waals surface area contributed by atoms with E-state index in [0.717, 1.165) is 0 Å². The van der Waals surface area contributed by atoms with Gasteiger partial charge < -0.3 is 24.7 Å². The van der Waals surface area contributed by atoms with Crippen molar-refractivity contribution in [3.05, 3.63) is 0 Å². The van der Waals surface area contributed by atoms with Gasteiger partial charge in [-0.05, 0) is 6.42 Å². The number of hydrogen-bond donors (Lipinski definition) is 4. The molecule has 0 spiro atoms. The average molecular weight is 242 g/mol. The molecule has 0 aliphatic rings. The summed E-state index contributed by atoms with van der Waals surface area (Å²) in [6.07, 6.45) is -2.27. The molecule has 0 rings (SSSR count). The summed E-state index contributed by atoms with van der Waals surface area (Å²) in [6, 6.07) is 0. The lowest BCUT2D eigenvalue weighted by Crippen LogP contribution is -2.26. The summed E-state index contributed by atoms with van der Waals surface area (Å²) in [6.45, 7) is 0. The number of aliphatic hydroxyl groups excluding tert-OH is 1. The van der Waals surface area contributed by atoms with E-state index in [0.29, 0.717) is 0 Å². The Morgan fingerprint density at radius 1 is 1.47 bits per heavy atom. The summed E-state index contributed by atoms with van der Waals surface area (Å²) >= 11 is 0. The molecule has 0 aromatic carbocycles. The summed E-state index contributed by atoms with van der Waals surface area (Å²) in [5.41, 5.74) is 0. The lowest BCUT2D eigenvalue weighted by atomic mass is 10.1. The van der Waals surface area contributed by atoms with Crippen LogP contribution in [-0.2, 0) is 14.1 Å². The van der Waals surface area contributed by atoms with Crippen molar-refractivity contribution >= 4 is 13.6 Å². The smallest absolute Gasteiger partial charge is 0.326 e. The third-order valence-electron chi connectivity index (χ3n) is 1.85. The summed E-state index contributed by atoms with van der Waals surface area (Å²) < 4.78 is 15.2. The zero-order valence-corrected chi connectivity index (χ0v) is 9.13. The van der Waals surface area contributed by atoms with Crippen molar-refractivity contribution < 1.29 is 34.1 Å². The quantitative estimate of drug-likeness (QED) is 0.354. The van der Waals surface area contributed by atoms with E-state index in [1.165, 1.54) is 7.11 Å². The van der Waals surface area contributed by atoms with Gasteiger partial charge in [-0.25, -0.2) is 0 Å². The maximum atomic E-state index is 10.7. The molecule has 90 valence electrons. The van der Waals surface area contributed by atoms with E-state index in [2.05, 4.69) is 4.74 Å². The van der Waals surface area contributed by atoms with Crippen LogP contribution in [0, 0.1) is 5.92 Å². The molecule has 0 bridgehead atoms. The number of aliphatic carboxylic acids is 1. The minimum atomic E-state index is -4.28. The molecule has 0 aromatic heterocycles. The van der Waals surface area contributed by atoms with Gasteiger partial charge in [-0.3, -0.25) is 9.36 Å². The Balaban J connectivity index is 4.31. The molecule has 8 heteroatoms. The van der Waals surface area contributed by atoms with Crippen LogP contribution in [0.15, 0.2) is 0 Å². The van der Waals surface area contributed by atoms with Crippen molar-refractivity contribution in [3.8, 4) is 0 Å². The molecular formula is C7H15O7P. The average Bonchev–Trinajstić information content (AvgIpc) is 2.08.